The Kier molecular flexibility index (Phi) is 3.31. The highest BCUT2D eigenvalue weighted by atomic mass is 19.3. The fraction of sp³-hybridized carbons (Fsp3) is 0.357. The van der Waals surface area contributed by atoms with Gasteiger partial charge in [0, 0.05) is 37.2 Å². The van der Waals surface area contributed by atoms with Crippen molar-refractivity contribution in [3.8, 4) is 11.1 Å². The summed E-state index contributed by atoms with van der Waals surface area (Å²) in [5.41, 5.74) is 6.80. The molecule has 0 atom stereocenters. The van der Waals surface area contributed by atoms with Gasteiger partial charge in [0.15, 0.2) is 0 Å². The number of rotatable bonds is 4. The minimum Gasteiger partial charge on any atom is -0.393 e. The highest BCUT2D eigenvalue weighted by Crippen LogP contribution is 2.43. The molecule has 0 aliphatic heterocycles. The second-order valence-electron chi connectivity index (χ2n) is 5.61. The second kappa shape index (κ2) is 5.04. The van der Waals surface area contributed by atoms with E-state index in [-0.39, 0.29) is 30.1 Å². The van der Waals surface area contributed by atoms with Crippen LogP contribution in [0.15, 0.2) is 30.6 Å². The summed E-state index contributed by atoms with van der Waals surface area (Å²) in [5.74, 6) is -2.62. The molecule has 6 nitrogen and oxygen atoms in total. The summed E-state index contributed by atoms with van der Waals surface area (Å²) in [6, 6.07) is 4.52. The maximum atomic E-state index is 12.8. The Labute approximate surface area is 124 Å². The van der Waals surface area contributed by atoms with Gasteiger partial charge in [-0.1, -0.05) is 6.07 Å². The summed E-state index contributed by atoms with van der Waals surface area (Å²) < 4.78 is 27.2. The Hall–Kier alpha value is -2.51. The molecule has 0 radical (unpaired) electrons. The smallest absolute Gasteiger partial charge is 0.292 e. The van der Waals surface area contributed by atoms with Crippen LogP contribution < -0.4 is 5.73 Å². The minimum absolute atomic E-state index is 0.0801. The maximum Gasteiger partial charge on any atom is 0.292 e. The van der Waals surface area contributed by atoms with Crippen LogP contribution >= 0.6 is 0 Å². The number of nitro groups is 1. The van der Waals surface area contributed by atoms with Crippen LogP contribution in [-0.4, -0.2) is 20.6 Å². The fourth-order valence-electron chi connectivity index (χ4n) is 2.67. The third-order valence-corrected chi connectivity index (χ3v) is 3.81. The first kappa shape index (κ1) is 14.4. The highest BCUT2D eigenvalue weighted by Gasteiger charge is 2.45. The molecule has 0 amide bonds. The number of halogens is 2. The summed E-state index contributed by atoms with van der Waals surface area (Å²) >= 11 is 0. The molecule has 1 aliphatic carbocycles. The van der Waals surface area contributed by atoms with Gasteiger partial charge in [-0.3, -0.25) is 14.8 Å². The van der Waals surface area contributed by atoms with Gasteiger partial charge in [0.25, 0.3) is 5.69 Å². The number of nitro benzene ring substituents is 1. The molecule has 1 aromatic heterocycles. The average Bonchev–Trinajstić information content (AvgIpc) is 2.85. The summed E-state index contributed by atoms with van der Waals surface area (Å²) in [4.78, 5) is 10.4. The van der Waals surface area contributed by atoms with Crippen molar-refractivity contribution in [3.05, 3.63) is 40.7 Å². The highest BCUT2D eigenvalue weighted by molar-refractivity contribution is 5.71. The lowest BCUT2D eigenvalue weighted by atomic mass is 9.81. The van der Waals surface area contributed by atoms with Gasteiger partial charge in [0.2, 0.25) is 5.92 Å². The molecule has 0 saturated heterocycles. The van der Waals surface area contributed by atoms with Gasteiger partial charge in [-0.25, -0.2) is 8.78 Å². The van der Waals surface area contributed by atoms with E-state index in [9.17, 15) is 18.9 Å². The molecule has 2 N–H and O–H groups in total. The number of aromatic nitrogens is 2. The molecular weight excluding hydrogens is 294 g/mol. The van der Waals surface area contributed by atoms with Crippen LogP contribution in [0.2, 0.25) is 0 Å². The van der Waals surface area contributed by atoms with Gasteiger partial charge >= 0.3 is 0 Å². The molecule has 116 valence electrons. The fourth-order valence-corrected chi connectivity index (χ4v) is 2.67. The van der Waals surface area contributed by atoms with Gasteiger partial charge in [-0.2, -0.15) is 5.10 Å². The van der Waals surface area contributed by atoms with Crippen LogP contribution in [0.3, 0.4) is 0 Å². The van der Waals surface area contributed by atoms with E-state index in [1.807, 2.05) is 0 Å². The Morgan fingerprint density at radius 2 is 2.14 bits per heavy atom. The standard InChI is InChI=1S/C14H14F2N4O2/c15-14(16)4-9(5-14)7-19-8-11(6-18-19)10-1-2-12(17)13(3-10)20(21)22/h1-3,6,8-9H,4-5,7,17H2. The quantitative estimate of drug-likeness (QED) is 0.534. The van der Waals surface area contributed by atoms with Gasteiger partial charge in [-0.15, -0.1) is 0 Å². The number of alkyl halides is 2. The van der Waals surface area contributed by atoms with Crippen LogP contribution in [0.5, 0.6) is 0 Å². The zero-order valence-electron chi connectivity index (χ0n) is 11.6. The average molecular weight is 308 g/mol. The molecule has 1 saturated carbocycles. The molecule has 0 unspecified atom stereocenters. The first-order valence-electron chi connectivity index (χ1n) is 6.79. The SMILES string of the molecule is Nc1ccc(-c2cnn(CC3CC(F)(F)C3)c2)cc1[N+](=O)[O-]. The normalized spacial score (nSPS) is 17.2. The molecule has 2 aromatic rings. The molecule has 3 rings (SSSR count). The van der Waals surface area contributed by atoms with Crippen molar-refractivity contribution in [1.82, 2.24) is 9.78 Å². The predicted octanol–water partition coefficient (Wildman–Crippen LogP) is 3.09. The summed E-state index contributed by atoms with van der Waals surface area (Å²) in [7, 11) is 0. The number of anilines is 1. The van der Waals surface area contributed by atoms with Crippen LogP contribution in [0.25, 0.3) is 11.1 Å². The van der Waals surface area contributed by atoms with Crippen molar-refractivity contribution < 1.29 is 13.7 Å². The van der Waals surface area contributed by atoms with Crippen LogP contribution in [0.4, 0.5) is 20.2 Å². The Bertz CT molecular complexity index is 721. The Morgan fingerprint density at radius 1 is 1.41 bits per heavy atom. The van der Waals surface area contributed by atoms with E-state index >= 15 is 0 Å². The van der Waals surface area contributed by atoms with Gasteiger partial charge in [-0.05, 0) is 17.5 Å². The summed E-state index contributed by atoms with van der Waals surface area (Å²) in [6.45, 7) is 0.423. The lowest BCUT2D eigenvalue weighted by Crippen LogP contribution is -2.37. The second-order valence-corrected chi connectivity index (χ2v) is 5.61. The topological polar surface area (TPSA) is 87.0 Å². The lowest BCUT2D eigenvalue weighted by molar-refractivity contribution is -0.383. The van der Waals surface area contributed by atoms with E-state index in [0.29, 0.717) is 17.7 Å². The number of hydrogen-bond donors (Lipinski definition) is 1. The molecule has 1 fully saturated rings. The molecular formula is C14H14F2N4O2. The molecule has 1 aromatic carbocycles. The van der Waals surface area contributed by atoms with Crippen LogP contribution in [-0.2, 0) is 6.54 Å². The minimum atomic E-state index is -2.54. The van der Waals surface area contributed by atoms with Crippen molar-refractivity contribution >= 4 is 11.4 Å². The van der Waals surface area contributed by atoms with Crippen LogP contribution in [0.1, 0.15) is 12.8 Å². The Morgan fingerprint density at radius 3 is 2.77 bits per heavy atom. The molecule has 0 spiro atoms. The predicted molar refractivity (Wildman–Crippen MR) is 76.4 cm³/mol. The number of nitrogens with zero attached hydrogens (tertiary/aromatic N) is 3. The zero-order chi connectivity index (χ0) is 15.9. The van der Waals surface area contributed by atoms with Crippen molar-refractivity contribution in [3.63, 3.8) is 0 Å². The van der Waals surface area contributed by atoms with Crippen molar-refractivity contribution in [2.45, 2.75) is 25.3 Å². The van der Waals surface area contributed by atoms with Crippen LogP contribution in [0, 0.1) is 16.0 Å². The molecule has 1 aliphatic rings. The van der Waals surface area contributed by atoms with Crippen molar-refractivity contribution in [1.29, 1.82) is 0 Å². The third-order valence-electron chi connectivity index (χ3n) is 3.81. The van der Waals surface area contributed by atoms with E-state index in [1.165, 1.54) is 12.1 Å². The molecule has 22 heavy (non-hydrogen) atoms. The van der Waals surface area contributed by atoms with Gasteiger partial charge in [0.05, 0.1) is 11.1 Å². The maximum absolute atomic E-state index is 12.8. The number of nitrogen functional groups attached to an aromatic ring is 1. The summed E-state index contributed by atoms with van der Waals surface area (Å²) in [6.07, 6.45) is 3.03. The van der Waals surface area contributed by atoms with Gasteiger partial charge in [0.1, 0.15) is 5.69 Å². The number of hydrogen-bond acceptors (Lipinski definition) is 4. The van der Waals surface area contributed by atoms with E-state index in [0.717, 1.165) is 0 Å². The van der Waals surface area contributed by atoms with Crippen molar-refractivity contribution in [2.24, 2.45) is 5.92 Å². The molecule has 1 heterocycles. The number of benzene rings is 1. The summed E-state index contributed by atoms with van der Waals surface area (Å²) in [5, 5.41) is 15.0. The monoisotopic (exact) mass is 308 g/mol. The lowest BCUT2D eigenvalue weighted by Gasteiger charge is -2.34. The first-order chi connectivity index (χ1) is 10.3. The van der Waals surface area contributed by atoms with Crippen molar-refractivity contribution in [2.75, 3.05) is 5.73 Å². The third kappa shape index (κ3) is 2.76. The van der Waals surface area contributed by atoms with E-state index in [2.05, 4.69) is 5.10 Å². The zero-order valence-corrected chi connectivity index (χ0v) is 11.6. The molecule has 8 heteroatoms. The molecule has 0 bridgehead atoms. The number of nitrogens with two attached hydrogens (primary N) is 1. The van der Waals surface area contributed by atoms with E-state index < -0.39 is 10.8 Å². The van der Waals surface area contributed by atoms with E-state index in [1.54, 1.807) is 23.1 Å². The largest absolute Gasteiger partial charge is 0.393 e. The first-order valence-corrected chi connectivity index (χ1v) is 6.79. The van der Waals surface area contributed by atoms with Gasteiger partial charge < -0.3 is 5.73 Å². The Balaban J connectivity index is 1.76. The van der Waals surface area contributed by atoms with E-state index in [4.69, 9.17) is 5.73 Å².